The molecule has 10 heteroatoms. The van der Waals surface area contributed by atoms with Crippen molar-refractivity contribution in [1.82, 2.24) is 29.6 Å². The van der Waals surface area contributed by atoms with Crippen LogP contribution >= 0.6 is 0 Å². The van der Waals surface area contributed by atoms with Gasteiger partial charge in [-0.15, -0.1) is 10.2 Å². The number of nitrogen functional groups attached to an aromatic ring is 1. The number of piperazine rings is 1. The molecule has 4 aromatic rings. The summed E-state index contributed by atoms with van der Waals surface area (Å²) in [6.07, 6.45) is 7.93. The van der Waals surface area contributed by atoms with Crippen LogP contribution in [0.5, 0.6) is 5.75 Å². The summed E-state index contributed by atoms with van der Waals surface area (Å²) in [5, 5.41) is 18.8. The molecule has 0 spiro atoms. The number of pyridine rings is 1. The number of phenols is 1. The normalized spacial score (nSPS) is 20.2. The average Bonchev–Trinajstić information content (AvgIpc) is 3.55. The Hall–Kier alpha value is -4.62. The van der Waals surface area contributed by atoms with Crippen LogP contribution in [-0.4, -0.2) is 73.0 Å². The molecule has 0 saturated carbocycles. The zero-order chi connectivity index (χ0) is 27.1. The van der Waals surface area contributed by atoms with E-state index in [0.717, 1.165) is 56.9 Å². The van der Waals surface area contributed by atoms with Crippen LogP contribution in [0, 0.1) is 11.8 Å². The number of para-hydroxylation sites is 1. The highest BCUT2D eigenvalue weighted by atomic mass is 16.3. The second-order valence-electron chi connectivity index (χ2n) is 10.7. The minimum Gasteiger partial charge on any atom is -0.507 e. The first-order chi connectivity index (χ1) is 19.6. The van der Waals surface area contributed by atoms with E-state index in [1.807, 2.05) is 36.9 Å². The monoisotopic (exact) mass is 533 g/mol. The Morgan fingerprint density at radius 2 is 1.88 bits per heavy atom. The van der Waals surface area contributed by atoms with E-state index in [2.05, 4.69) is 63.4 Å². The van der Waals surface area contributed by atoms with Crippen LogP contribution in [0.3, 0.4) is 0 Å². The number of nitrogens with zero attached hydrogens (tertiary/aromatic N) is 8. The van der Waals surface area contributed by atoms with Crippen LogP contribution in [0.4, 0.5) is 17.2 Å². The Bertz CT molecular complexity index is 1590. The SMILES string of the molecule is Nc1nnc(-c2ccccc2O)cc1N1CC2CCC(C1)N2c1ccnc(C#CCN2CCn3cncc3C2)c1. The Morgan fingerprint density at radius 3 is 2.73 bits per heavy atom. The summed E-state index contributed by atoms with van der Waals surface area (Å²) >= 11 is 0. The van der Waals surface area contributed by atoms with Crippen LogP contribution in [0.25, 0.3) is 11.3 Å². The van der Waals surface area contributed by atoms with Gasteiger partial charge in [-0.3, -0.25) is 4.90 Å². The summed E-state index contributed by atoms with van der Waals surface area (Å²) in [5.41, 5.74) is 11.7. The number of imidazole rings is 1. The molecule has 3 aromatic heterocycles. The van der Waals surface area contributed by atoms with Gasteiger partial charge in [0.25, 0.3) is 0 Å². The lowest BCUT2D eigenvalue weighted by Crippen LogP contribution is -2.54. The van der Waals surface area contributed by atoms with E-state index in [0.29, 0.717) is 35.7 Å². The summed E-state index contributed by atoms with van der Waals surface area (Å²) in [6, 6.07) is 14.0. The Kier molecular flexibility index (Phi) is 6.21. The second kappa shape index (κ2) is 10.2. The van der Waals surface area contributed by atoms with Crippen LogP contribution in [0.1, 0.15) is 24.2 Å². The van der Waals surface area contributed by atoms with Crippen LogP contribution in [-0.2, 0) is 13.1 Å². The first-order valence-corrected chi connectivity index (χ1v) is 13.7. The Balaban J connectivity index is 1.06. The average molecular weight is 534 g/mol. The number of hydrogen-bond acceptors (Lipinski definition) is 9. The fraction of sp³-hybridized carbons (Fsp3) is 0.333. The predicted octanol–water partition coefficient (Wildman–Crippen LogP) is 2.75. The molecule has 3 N–H and O–H groups in total. The molecule has 2 saturated heterocycles. The summed E-state index contributed by atoms with van der Waals surface area (Å²) in [5.74, 6) is 7.21. The predicted molar refractivity (Wildman–Crippen MR) is 154 cm³/mol. The molecule has 3 aliphatic heterocycles. The Morgan fingerprint density at radius 1 is 1.02 bits per heavy atom. The van der Waals surface area contributed by atoms with Crippen molar-refractivity contribution < 1.29 is 5.11 Å². The first-order valence-electron chi connectivity index (χ1n) is 13.7. The van der Waals surface area contributed by atoms with Crippen molar-refractivity contribution >= 4 is 17.2 Å². The lowest BCUT2D eigenvalue weighted by Gasteiger charge is -2.43. The number of aromatic nitrogens is 5. The van der Waals surface area contributed by atoms with Crippen LogP contribution in [0.15, 0.2) is 61.2 Å². The van der Waals surface area contributed by atoms with Gasteiger partial charge < -0.3 is 25.2 Å². The number of aromatic hydroxyl groups is 1. The van der Waals surface area contributed by atoms with Crippen molar-refractivity contribution in [2.45, 2.75) is 38.0 Å². The molecule has 6 heterocycles. The third-order valence-corrected chi connectivity index (χ3v) is 8.21. The molecule has 2 bridgehead atoms. The van der Waals surface area contributed by atoms with Crippen molar-refractivity contribution in [1.29, 1.82) is 0 Å². The fourth-order valence-electron chi connectivity index (χ4n) is 6.25. The van der Waals surface area contributed by atoms with Gasteiger partial charge in [0.1, 0.15) is 11.4 Å². The summed E-state index contributed by atoms with van der Waals surface area (Å²) < 4.78 is 2.20. The van der Waals surface area contributed by atoms with E-state index < -0.39 is 0 Å². The van der Waals surface area contributed by atoms with E-state index in [-0.39, 0.29) is 5.75 Å². The quantitative estimate of drug-likeness (QED) is 0.383. The lowest BCUT2D eigenvalue weighted by atomic mass is 10.1. The molecule has 2 fully saturated rings. The first kappa shape index (κ1) is 24.4. The van der Waals surface area contributed by atoms with Crippen molar-refractivity contribution in [3.63, 3.8) is 0 Å². The van der Waals surface area contributed by atoms with Gasteiger partial charge in [0.15, 0.2) is 5.82 Å². The Labute approximate surface area is 233 Å². The molecule has 0 amide bonds. The zero-order valence-corrected chi connectivity index (χ0v) is 22.2. The van der Waals surface area contributed by atoms with Gasteiger partial charge in [0, 0.05) is 68.5 Å². The fourth-order valence-corrected chi connectivity index (χ4v) is 6.25. The number of phenolic OH excluding ortho intramolecular Hbond substituents is 1. The molecular formula is C30H31N9O. The maximum absolute atomic E-state index is 10.3. The van der Waals surface area contributed by atoms with E-state index in [9.17, 15) is 5.11 Å². The van der Waals surface area contributed by atoms with Gasteiger partial charge in [-0.1, -0.05) is 18.1 Å². The molecule has 0 aliphatic carbocycles. The molecule has 0 radical (unpaired) electrons. The third kappa shape index (κ3) is 4.58. The van der Waals surface area contributed by atoms with Crippen molar-refractivity contribution in [2.24, 2.45) is 0 Å². The maximum atomic E-state index is 10.3. The van der Waals surface area contributed by atoms with Crippen LogP contribution in [0.2, 0.25) is 0 Å². The van der Waals surface area contributed by atoms with Gasteiger partial charge in [0.05, 0.1) is 29.9 Å². The van der Waals surface area contributed by atoms with E-state index >= 15 is 0 Å². The molecule has 202 valence electrons. The topological polar surface area (TPSA) is 112 Å². The van der Waals surface area contributed by atoms with Crippen LogP contribution < -0.4 is 15.5 Å². The molecule has 2 unspecified atom stereocenters. The van der Waals surface area contributed by atoms with E-state index in [4.69, 9.17) is 5.73 Å². The van der Waals surface area contributed by atoms with Gasteiger partial charge in [0.2, 0.25) is 0 Å². The number of hydrogen-bond donors (Lipinski definition) is 2. The van der Waals surface area contributed by atoms with Crippen molar-refractivity contribution in [3.05, 3.63) is 72.6 Å². The number of nitrogens with two attached hydrogens (primary N) is 1. The standard InChI is InChI=1S/C30H31N9O/c31-30-28(15-27(34-35-30)26-5-1-2-6-29(26)40)38-18-23-7-8-24(19-38)39(23)22-9-10-33-21(14-22)4-3-11-36-12-13-37-20-32-16-25(37)17-36/h1-2,5-6,9-10,14-16,20,23-24,40H,7-8,11-13,17-19H2,(H2,31,35). The van der Waals surface area contributed by atoms with E-state index in [1.165, 1.54) is 11.4 Å². The third-order valence-electron chi connectivity index (χ3n) is 8.21. The summed E-state index contributed by atoms with van der Waals surface area (Å²) in [4.78, 5) is 16.0. The summed E-state index contributed by atoms with van der Waals surface area (Å²) in [6.45, 7) is 5.19. The highest BCUT2D eigenvalue weighted by molar-refractivity contribution is 5.74. The van der Waals surface area contributed by atoms with Gasteiger partial charge in [-0.2, -0.15) is 0 Å². The molecule has 3 aliphatic rings. The molecule has 2 atom stereocenters. The van der Waals surface area contributed by atoms with Crippen molar-refractivity contribution in [2.75, 3.05) is 41.7 Å². The number of anilines is 3. The minimum atomic E-state index is 0.178. The molecule has 7 rings (SSSR count). The second-order valence-corrected chi connectivity index (χ2v) is 10.7. The van der Waals surface area contributed by atoms with Crippen molar-refractivity contribution in [3.8, 4) is 28.8 Å². The van der Waals surface area contributed by atoms with Gasteiger partial charge >= 0.3 is 0 Å². The van der Waals surface area contributed by atoms with E-state index in [1.54, 1.807) is 12.1 Å². The number of rotatable bonds is 4. The maximum Gasteiger partial charge on any atom is 0.169 e. The highest BCUT2D eigenvalue weighted by Gasteiger charge is 2.40. The zero-order valence-electron chi connectivity index (χ0n) is 22.2. The largest absolute Gasteiger partial charge is 0.507 e. The highest BCUT2D eigenvalue weighted by Crippen LogP contribution is 2.39. The smallest absolute Gasteiger partial charge is 0.169 e. The minimum absolute atomic E-state index is 0.178. The van der Waals surface area contributed by atoms with Gasteiger partial charge in [-0.05, 0) is 49.1 Å². The van der Waals surface area contributed by atoms with Gasteiger partial charge in [-0.25, -0.2) is 9.97 Å². The molecule has 1 aromatic carbocycles. The number of benzene rings is 1. The summed E-state index contributed by atoms with van der Waals surface area (Å²) in [7, 11) is 0. The molecule has 40 heavy (non-hydrogen) atoms. The lowest BCUT2D eigenvalue weighted by molar-refractivity contribution is 0.247. The number of fused-ring (bicyclic) bond motifs is 3. The molecular weight excluding hydrogens is 502 g/mol. The molecule has 10 nitrogen and oxygen atoms in total.